The number of nitrogens with one attached hydrogen (secondary N) is 1. The number of aryl methyl sites for hydroxylation is 1. The van der Waals surface area contributed by atoms with E-state index in [1.165, 1.54) is 0 Å². The van der Waals surface area contributed by atoms with E-state index in [1.54, 1.807) is 12.3 Å². The number of aromatic amines is 1. The average molecular weight is 251 g/mol. The third-order valence-electron chi connectivity index (χ3n) is 2.03. The molecule has 3 N–H and O–H groups in total. The van der Waals surface area contributed by atoms with Crippen molar-refractivity contribution in [3.05, 3.63) is 17.5 Å². The van der Waals surface area contributed by atoms with E-state index in [1.807, 2.05) is 27.7 Å². The van der Waals surface area contributed by atoms with E-state index >= 15 is 0 Å². The van der Waals surface area contributed by atoms with E-state index in [-0.39, 0.29) is 1.43 Å². The zero-order valence-electron chi connectivity index (χ0n) is 11.2. The number of aliphatic imine (C=N–C) groups is 1. The summed E-state index contributed by atoms with van der Waals surface area (Å²) >= 11 is 0. The predicted molar refractivity (Wildman–Crippen MR) is 74.8 cm³/mol. The lowest BCUT2D eigenvalue weighted by Gasteiger charge is -1.86. The fourth-order valence-corrected chi connectivity index (χ4v) is 1.28. The monoisotopic (exact) mass is 251 g/mol. The van der Waals surface area contributed by atoms with E-state index in [2.05, 4.69) is 20.1 Å². The molecular formula is C12H21N5O. The van der Waals surface area contributed by atoms with Crippen molar-refractivity contribution in [1.82, 2.24) is 15.1 Å². The first-order chi connectivity index (χ1) is 8.70. The zero-order valence-corrected chi connectivity index (χ0v) is 11.2. The van der Waals surface area contributed by atoms with Gasteiger partial charge in [0.1, 0.15) is 17.1 Å². The van der Waals surface area contributed by atoms with Gasteiger partial charge in [0.15, 0.2) is 11.6 Å². The minimum Gasteiger partial charge on any atom is -0.382 e. The van der Waals surface area contributed by atoms with Crippen molar-refractivity contribution in [3.8, 4) is 11.5 Å². The molecule has 0 spiro atoms. The SMILES string of the molecule is CC.CCN=Cc1[nH]c(-c2cc(C)on2)nc1N.[HH]. The Balaban J connectivity index is 0.00000103. The highest BCUT2D eigenvalue weighted by Crippen LogP contribution is 2.18. The van der Waals surface area contributed by atoms with E-state index in [0.717, 1.165) is 5.76 Å². The van der Waals surface area contributed by atoms with Crippen molar-refractivity contribution in [2.24, 2.45) is 4.99 Å². The molecular weight excluding hydrogens is 230 g/mol. The maximum atomic E-state index is 5.73. The van der Waals surface area contributed by atoms with Crippen molar-refractivity contribution >= 4 is 12.0 Å². The Morgan fingerprint density at radius 3 is 2.83 bits per heavy atom. The Kier molecular flexibility index (Phi) is 5.10. The molecule has 0 aromatic carbocycles. The van der Waals surface area contributed by atoms with Crippen molar-refractivity contribution in [2.45, 2.75) is 27.7 Å². The summed E-state index contributed by atoms with van der Waals surface area (Å²) in [6.07, 6.45) is 1.67. The number of imidazole rings is 1. The Bertz CT molecular complexity index is 518. The highest BCUT2D eigenvalue weighted by molar-refractivity contribution is 5.84. The molecule has 2 aromatic heterocycles. The lowest BCUT2D eigenvalue weighted by atomic mass is 10.4. The Labute approximate surface area is 108 Å². The Morgan fingerprint density at radius 2 is 2.28 bits per heavy atom. The molecule has 2 heterocycles. The van der Waals surface area contributed by atoms with Crippen molar-refractivity contribution in [1.29, 1.82) is 0 Å². The lowest BCUT2D eigenvalue weighted by molar-refractivity contribution is 0.399. The molecule has 0 radical (unpaired) electrons. The van der Waals surface area contributed by atoms with Gasteiger partial charge in [-0.05, 0) is 13.8 Å². The summed E-state index contributed by atoms with van der Waals surface area (Å²) in [5.41, 5.74) is 7.07. The fourth-order valence-electron chi connectivity index (χ4n) is 1.28. The normalized spacial score (nSPS) is 10.4. The molecule has 18 heavy (non-hydrogen) atoms. The molecule has 0 fully saturated rings. The van der Waals surface area contributed by atoms with Crippen molar-refractivity contribution in [2.75, 3.05) is 12.3 Å². The van der Waals surface area contributed by atoms with Gasteiger partial charge in [0.05, 0.1) is 0 Å². The van der Waals surface area contributed by atoms with Crippen LogP contribution in [0.4, 0.5) is 5.82 Å². The number of anilines is 1. The first-order valence-electron chi connectivity index (χ1n) is 5.99. The summed E-state index contributed by atoms with van der Waals surface area (Å²) in [7, 11) is 0. The number of nitrogens with two attached hydrogens (primary N) is 1. The molecule has 2 aromatic rings. The molecule has 0 atom stereocenters. The van der Waals surface area contributed by atoms with Gasteiger partial charge in [0.2, 0.25) is 0 Å². The topological polar surface area (TPSA) is 93.1 Å². The maximum Gasteiger partial charge on any atom is 0.162 e. The maximum absolute atomic E-state index is 5.73. The number of aromatic nitrogens is 3. The van der Waals surface area contributed by atoms with Crippen LogP contribution in [-0.2, 0) is 0 Å². The first kappa shape index (κ1) is 14.0. The number of rotatable bonds is 3. The molecule has 0 aliphatic carbocycles. The standard InChI is InChI=1S/C10H13N5O.C2H6.H2/c1-3-12-5-8-9(11)14-10(13-8)7-4-6(2)16-15-7;1-2;/h4-5H,3,11H2,1-2H3,(H,13,14);1-2H3;1H. The van der Waals surface area contributed by atoms with Crippen LogP contribution in [0.25, 0.3) is 11.5 Å². The number of nitrogens with zero attached hydrogens (tertiary/aromatic N) is 3. The third kappa shape index (κ3) is 3.19. The van der Waals surface area contributed by atoms with Crippen LogP contribution in [0.2, 0.25) is 0 Å². The second-order valence-electron chi connectivity index (χ2n) is 3.34. The number of hydrogen-bond acceptors (Lipinski definition) is 5. The highest BCUT2D eigenvalue weighted by atomic mass is 16.5. The van der Waals surface area contributed by atoms with Gasteiger partial charge in [-0.15, -0.1) is 0 Å². The van der Waals surface area contributed by atoms with Gasteiger partial charge in [-0.1, -0.05) is 19.0 Å². The van der Waals surface area contributed by atoms with Gasteiger partial charge in [-0.25, -0.2) is 4.98 Å². The average Bonchev–Trinajstić information content (AvgIpc) is 2.96. The number of hydrogen-bond donors (Lipinski definition) is 2. The van der Waals surface area contributed by atoms with Crippen LogP contribution in [0.5, 0.6) is 0 Å². The van der Waals surface area contributed by atoms with Gasteiger partial charge in [0.25, 0.3) is 0 Å². The van der Waals surface area contributed by atoms with Crippen molar-refractivity contribution in [3.63, 3.8) is 0 Å². The molecule has 0 unspecified atom stereocenters. The van der Waals surface area contributed by atoms with Crippen LogP contribution in [0, 0.1) is 6.92 Å². The van der Waals surface area contributed by atoms with Crippen LogP contribution in [0.3, 0.4) is 0 Å². The van der Waals surface area contributed by atoms with Gasteiger partial charge in [-0.2, -0.15) is 0 Å². The molecule has 6 nitrogen and oxygen atoms in total. The molecule has 100 valence electrons. The van der Waals surface area contributed by atoms with Crippen molar-refractivity contribution < 1.29 is 5.95 Å². The summed E-state index contributed by atoms with van der Waals surface area (Å²) in [4.78, 5) is 11.3. The van der Waals surface area contributed by atoms with E-state index in [9.17, 15) is 0 Å². The first-order valence-corrected chi connectivity index (χ1v) is 5.99. The molecule has 0 bridgehead atoms. The molecule has 6 heteroatoms. The molecule has 0 aliphatic heterocycles. The van der Waals surface area contributed by atoms with E-state index < -0.39 is 0 Å². The summed E-state index contributed by atoms with van der Waals surface area (Å²) in [5, 5.41) is 3.85. The number of H-pyrrole nitrogens is 1. The highest BCUT2D eigenvalue weighted by Gasteiger charge is 2.10. The van der Waals surface area contributed by atoms with E-state index in [4.69, 9.17) is 10.3 Å². The lowest BCUT2D eigenvalue weighted by Crippen LogP contribution is -1.91. The second-order valence-corrected chi connectivity index (χ2v) is 3.34. The molecule has 0 saturated carbocycles. The largest absolute Gasteiger partial charge is 0.382 e. The predicted octanol–water partition coefficient (Wildman–Crippen LogP) is 2.67. The zero-order chi connectivity index (χ0) is 13.5. The van der Waals surface area contributed by atoms with Gasteiger partial charge >= 0.3 is 0 Å². The third-order valence-corrected chi connectivity index (χ3v) is 2.03. The second kappa shape index (κ2) is 6.58. The Hall–Kier alpha value is -2.11. The van der Waals surface area contributed by atoms with Crippen LogP contribution in [-0.4, -0.2) is 27.9 Å². The minimum atomic E-state index is 0. The number of nitrogen functional groups attached to an aromatic ring is 1. The summed E-state index contributed by atoms with van der Waals surface area (Å²) in [5.74, 6) is 1.73. The van der Waals surface area contributed by atoms with Gasteiger partial charge < -0.3 is 15.2 Å². The summed E-state index contributed by atoms with van der Waals surface area (Å²) < 4.78 is 4.96. The van der Waals surface area contributed by atoms with Crippen LogP contribution in [0.1, 0.15) is 33.7 Å². The molecule has 2 rings (SSSR count). The summed E-state index contributed by atoms with van der Waals surface area (Å²) in [6.45, 7) is 8.48. The summed E-state index contributed by atoms with van der Waals surface area (Å²) in [6, 6.07) is 1.79. The Morgan fingerprint density at radius 1 is 1.56 bits per heavy atom. The fraction of sp³-hybridized carbons (Fsp3) is 0.417. The van der Waals surface area contributed by atoms with Crippen LogP contribution >= 0.6 is 0 Å². The molecule has 0 saturated heterocycles. The van der Waals surface area contributed by atoms with Gasteiger partial charge in [-0.3, -0.25) is 4.99 Å². The molecule has 0 aliphatic rings. The smallest absolute Gasteiger partial charge is 0.162 e. The minimum absolute atomic E-state index is 0. The molecule has 0 amide bonds. The van der Waals surface area contributed by atoms with Crippen LogP contribution < -0.4 is 5.73 Å². The van der Waals surface area contributed by atoms with E-state index in [0.29, 0.717) is 29.6 Å². The van der Waals surface area contributed by atoms with Crippen LogP contribution in [0.15, 0.2) is 15.6 Å². The quantitative estimate of drug-likeness (QED) is 0.820. The van der Waals surface area contributed by atoms with Gasteiger partial charge in [0, 0.05) is 20.3 Å².